The van der Waals surface area contributed by atoms with Gasteiger partial charge in [-0.15, -0.1) is 0 Å². The Labute approximate surface area is 92.3 Å². The summed E-state index contributed by atoms with van der Waals surface area (Å²) in [6.45, 7) is 0. The maximum absolute atomic E-state index is 12.8. The predicted octanol–water partition coefficient (Wildman–Crippen LogP) is 0.714. The van der Waals surface area contributed by atoms with Gasteiger partial charge < -0.3 is 0 Å². The number of primary sulfonamides is 1. The number of nitrogens with zero attached hydrogens (tertiary/aromatic N) is 2. The van der Waals surface area contributed by atoms with Crippen LogP contribution in [-0.4, -0.2) is 18.3 Å². The fraction of sp³-hybridized carbons (Fsp3) is 0.167. The van der Waals surface area contributed by atoms with Crippen LogP contribution in [0, 0.1) is 16.1 Å². The minimum atomic E-state index is -4.78. The Morgan fingerprint density at radius 2 is 2.00 bits per heavy atom. The van der Waals surface area contributed by atoms with E-state index < -0.39 is 43.6 Å². The highest BCUT2D eigenvalue weighted by Gasteiger charge is 2.33. The first-order valence-corrected chi connectivity index (χ1v) is 5.35. The maximum Gasteiger partial charge on any atom is 0.317 e. The summed E-state index contributed by atoms with van der Waals surface area (Å²) in [6, 6.07) is 0.0808. The lowest BCUT2D eigenvalue weighted by atomic mass is 10.2. The summed E-state index contributed by atoms with van der Waals surface area (Å²) < 4.78 is 59.3. The van der Waals surface area contributed by atoms with E-state index in [1.165, 1.54) is 0 Å². The molecule has 2 N–H and O–H groups in total. The van der Waals surface area contributed by atoms with Gasteiger partial charge in [0.25, 0.3) is 21.5 Å². The van der Waals surface area contributed by atoms with Gasteiger partial charge in [-0.3, -0.25) is 10.1 Å². The molecule has 0 unspecified atom stereocenters. The van der Waals surface area contributed by atoms with Crippen LogP contribution >= 0.6 is 0 Å². The van der Waals surface area contributed by atoms with Crippen LogP contribution in [0.25, 0.3) is 0 Å². The fourth-order valence-electron chi connectivity index (χ4n) is 1.05. The van der Waals surface area contributed by atoms with E-state index in [2.05, 4.69) is 10.1 Å². The summed E-state index contributed by atoms with van der Waals surface area (Å²) in [5, 5.41) is 13.5. The Morgan fingerprint density at radius 3 is 2.35 bits per heavy atom. The molecule has 0 radical (unpaired) electrons. The van der Waals surface area contributed by atoms with Gasteiger partial charge in [0.2, 0.25) is 5.95 Å². The lowest BCUT2D eigenvalue weighted by molar-refractivity contribution is -0.389. The lowest BCUT2D eigenvalue weighted by Crippen LogP contribution is -2.18. The fourth-order valence-corrected chi connectivity index (χ4v) is 1.73. The highest BCUT2D eigenvalue weighted by Crippen LogP contribution is 2.33. The van der Waals surface area contributed by atoms with Gasteiger partial charge >= 0.3 is 5.69 Å². The average molecular weight is 271 g/mol. The Balaban J connectivity index is 3.77. The number of pyridine rings is 1. The van der Waals surface area contributed by atoms with Crippen molar-refractivity contribution in [1.29, 1.82) is 0 Å². The summed E-state index contributed by atoms with van der Waals surface area (Å²) >= 11 is 0. The molecule has 0 aliphatic heterocycles. The molecular weight excluding hydrogens is 267 g/mol. The summed E-state index contributed by atoms with van der Waals surface area (Å²) in [4.78, 5) is 11.7. The predicted molar refractivity (Wildman–Crippen MR) is 47.2 cm³/mol. The molecule has 1 rings (SSSR count). The van der Waals surface area contributed by atoms with Crippen LogP contribution in [0.4, 0.5) is 18.9 Å². The normalized spacial score (nSPS) is 11.8. The van der Waals surface area contributed by atoms with Crippen molar-refractivity contribution < 1.29 is 26.5 Å². The molecule has 0 saturated carbocycles. The van der Waals surface area contributed by atoms with Gasteiger partial charge in [-0.25, -0.2) is 22.3 Å². The maximum atomic E-state index is 12.8. The quantitative estimate of drug-likeness (QED) is 0.493. The zero-order chi connectivity index (χ0) is 13.4. The lowest BCUT2D eigenvalue weighted by Gasteiger charge is -2.05. The van der Waals surface area contributed by atoms with E-state index in [1.54, 1.807) is 0 Å². The minimum absolute atomic E-state index is 0.0808. The molecule has 0 aliphatic rings. The Hall–Kier alpha value is -1.75. The number of halogens is 3. The van der Waals surface area contributed by atoms with Gasteiger partial charge in [0, 0.05) is 6.07 Å². The van der Waals surface area contributed by atoms with Gasteiger partial charge in [-0.05, 0) is 0 Å². The van der Waals surface area contributed by atoms with E-state index in [-0.39, 0.29) is 6.07 Å². The van der Waals surface area contributed by atoms with Crippen LogP contribution in [0.5, 0.6) is 0 Å². The molecule has 0 saturated heterocycles. The topological polar surface area (TPSA) is 116 Å². The van der Waals surface area contributed by atoms with Crippen molar-refractivity contribution in [2.75, 3.05) is 0 Å². The number of hydrogen-bond acceptors (Lipinski definition) is 5. The van der Waals surface area contributed by atoms with Crippen LogP contribution < -0.4 is 5.14 Å². The monoisotopic (exact) mass is 271 g/mol. The molecule has 17 heavy (non-hydrogen) atoms. The first kappa shape index (κ1) is 13.3. The third-order valence-electron chi connectivity index (χ3n) is 1.65. The zero-order valence-electron chi connectivity index (χ0n) is 7.80. The van der Waals surface area contributed by atoms with Crippen LogP contribution in [0.2, 0.25) is 0 Å². The Bertz CT molecular complexity index is 574. The summed E-state index contributed by atoms with van der Waals surface area (Å²) in [5.74, 6) is -1.60. The van der Waals surface area contributed by atoms with Crippen LogP contribution in [0.3, 0.4) is 0 Å². The molecule has 1 heterocycles. The van der Waals surface area contributed by atoms with Crippen molar-refractivity contribution in [1.82, 2.24) is 4.98 Å². The first-order chi connectivity index (χ1) is 7.64. The van der Waals surface area contributed by atoms with Crippen LogP contribution in [-0.2, 0) is 10.0 Å². The third kappa shape index (κ3) is 2.68. The summed E-state index contributed by atoms with van der Waals surface area (Å²) in [7, 11) is -4.78. The van der Waals surface area contributed by atoms with Gasteiger partial charge in [0.05, 0.1) is 4.92 Å². The van der Waals surface area contributed by atoms with Gasteiger partial charge in [-0.1, -0.05) is 0 Å². The van der Waals surface area contributed by atoms with Crippen molar-refractivity contribution in [3.63, 3.8) is 0 Å². The Kier molecular flexibility index (Phi) is 3.33. The average Bonchev–Trinajstić information content (AvgIpc) is 2.14. The second-order valence-corrected chi connectivity index (χ2v) is 4.27. The third-order valence-corrected chi connectivity index (χ3v) is 2.47. The number of rotatable bonds is 3. The number of sulfonamides is 1. The van der Waals surface area contributed by atoms with Crippen molar-refractivity contribution in [2.24, 2.45) is 5.14 Å². The van der Waals surface area contributed by atoms with Crippen LogP contribution in [0.1, 0.15) is 12.0 Å². The van der Waals surface area contributed by atoms with E-state index in [1.807, 2.05) is 0 Å². The van der Waals surface area contributed by atoms with Crippen molar-refractivity contribution in [2.45, 2.75) is 11.5 Å². The second kappa shape index (κ2) is 4.25. The molecule has 0 spiro atoms. The number of nitrogens with two attached hydrogens (primary N) is 1. The van der Waals surface area contributed by atoms with E-state index in [0.29, 0.717) is 0 Å². The number of nitro groups is 1. The van der Waals surface area contributed by atoms with Crippen LogP contribution in [0.15, 0.2) is 11.1 Å². The zero-order valence-corrected chi connectivity index (χ0v) is 8.62. The molecule has 7 nitrogen and oxygen atoms in total. The number of hydrogen-bond donors (Lipinski definition) is 1. The van der Waals surface area contributed by atoms with Gasteiger partial charge in [0.15, 0.2) is 0 Å². The molecule has 94 valence electrons. The number of aromatic nitrogens is 1. The number of alkyl halides is 2. The second-order valence-electron chi connectivity index (χ2n) is 2.79. The molecule has 0 amide bonds. The SMILES string of the molecule is NS(=O)(=O)c1nc(F)cc(C(F)F)c1[N+](=O)[O-]. The molecule has 0 atom stereocenters. The van der Waals surface area contributed by atoms with E-state index in [0.717, 1.165) is 0 Å². The first-order valence-electron chi connectivity index (χ1n) is 3.80. The smallest absolute Gasteiger partial charge is 0.258 e. The molecule has 0 aliphatic carbocycles. The standard InChI is InChI=1S/C6H4F3N3O4S/c7-3-1-2(5(8)9)4(12(13)14)6(11-3)17(10,15)16/h1,5H,(H2,10,15,16). The van der Waals surface area contributed by atoms with E-state index in [9.17, 15) is 31.7 Å². The van der Waals surface area contributed by atoms with Crippen molar-refractivity contribution in [3.05, 3.63) is 27.7 Å². The largest absolute Gasteiger partial charge is 0.317 e. The van der Waals surface area contributed by atoms with E-state index >= 15 is 0 Å². The van der Waals surface area contributed by atoms with Crippen molar-refractivity contribution in [3.8, 4) is 0 Å². The highest BCUT2D eigenvalue weighted by atomic mass is 32.2. The Morgan fingerprint density at radius 1 is 1.47 bits per heavy atom. The van der Waals surface area contributed by atoms with E-state index in [4.69, 9.17) is 0 Å². The molecule has 0 bridgehead atoms. The minimum Gasteiger partial charge on any atom is -0.258 e. The summed E-state index contributed by atoms with van der Waals surface area (Å²) in [5.41, 5.74) is -2.92. The highest BCUT2D eigenvalue weighted by molar-refractivity contribution is 7.89. The summed E-state index contributed by atoms with van der Waals surface area (Å²) in [6.07, 6.45) is -3.44. The molecule has 11 heteroatoms. The van der Waals surface area contributed by atoms with Gasteiger partial charge in [-0.2, -0.15) is 9.37 Å². The molecule has 0 aromatic carbocycles. The molecular formula is C6H4F3N3O4S. The molecule has 1 aromatic heterocycles. The van der Waals surface area contributed by atoms with Gasteiger partial charge in [0.1, 0.15) is 5.56 Å². The molecule has 1 aromatic rings. The molecule has 0 fully saturated rings. The van der Waals surface area contributed by atoms with Crippen molar-refractivity contribution >= 4 is 15.7 Å².